The number of hydrogen-bond donors (Lipinski definition) is 0. The Kier molecular flexibility index (Phi) is 3.80. The van der Waals surface area contributed by atoms with Crippen LogP contribution in [-0.4, -0.2) is 24.8 Å². The number of methoxy groups -OCH3 is 1. The molecule has 1 aromatic carbocycles. The van der Waals surface area contributed by atoms with Gasteiger partial charge in [0.25, 0.3) is 0 Å². The number of ether oxygens (including phenoxy) is 3. The molecular formula is C15H20O4. The van der Waals surface area contributed by atoms with Crippen LogP contribution in [0, 0.1) is 0 Å². The van der Waals surface area contributed by atoms with Crippen LogP contribution in [0.2, 0.25) is 0 Å². The Hall–Kier alpha value is -1.55. The van der Waals surface area contributed by atoms with E-state index < -0.39 is 5.60 Å². The summed E-state index contributed by atoms with van der Waals surface area (Å²) in [6.45, 7) is 5.61. The predicted octanol–water partition coefficient (Wildman–Crippen LogP) is 2.87. The summed E-state index contributed by atoms with van der Waals surface area (Å²) in [6.07, 6.45) is 0.265. The minimum atomic E-state index is -0.807. The van der Waals surface area contributed by atoms with Crippen molar-refractivity contribution in [3.63, 3.8) is 0 Å². The summed E-state index contributed by atoms with van der Waals surface area (Å²) in [5.74, 6) is 0.516. The summed E-state index contributed by atoms with van der Waals surface area (Å²) in [4.78, 5) is 12.1. The van der Waals surface area contributed by atoms with Gasteiger partial charge in [-0.25, -0.2) is 4.79 Å². The summed E-state index contributed by atoms with van der Waals surface area (Å²) >= 11 is 0. The Morgan fingerprint density at radius 2 is 2.00 bits per heavy atom. The maximum absolute atomic E-state index is 12.1. The molecule has 2 rings (SSSR count). The zero-order chi connectivity index (χ0) is 14.0. The zero-order valence-corrected chi connectivity index (χ0v) is 11.8. The van der Waals surface area contributed by atoms with E-state index in [0.717, 1.165) is 11.3 Å². The Morgan fingerprint density at radius 3 is 2.47 bits per heavy atom. The first-order chi connectivity index (χ1) is 9.03. The van der Waals surface area contributed by atoms with E-state index in [-0.39, 0.29) is 18.2 Å². The molecule has 0 saturated carbocycles. The minimum Gasteiger partial charge on any atom is -0.497 e. The molecule has 0 spiro atoms. The van der Waals surface area contributed by atoms with Gasteiger partial charge in [-0.05, 0) is 38.0 Å². The van der Waals surface area contributed by atoms with Crippen molar-refractivity contribution < 1.29 is 19.0 Å². The van der Waals surface area contributed by atoms with Crippen molar-refractivity contribution >= 4 is 5.97 Å². The second kappa shape index (κ2) is 5.21. The molecule has 104 valence electrons. The maximum Gasteiger partial charge on any atom is 0.341 e. The smallest absolute Gasteiger partial charge is 0.341 e. The molecule has 1 heterocycles. The summed E-state index contributed by atoms with van der Waals surface area (Å²) in [7, 11) is 1.62. The standard InChI is InChI=1S/C15H20O4/c1-5-15(14(16)18-10(2)3)13(19-15)11-6-8-12(17-4)9-7-11/h6-10,13H,5H2,1-4H3. The van der Waals surface area contributed by atoms with E-state index in [9.17, 15) is 4.79 Å². The molecule has 1 aromatic rings. The molecule has 0 radical (unpaired) electrons. The fourth-order valence-corrected chi connectivity index (χ4v) is 2.17. The van der Waals surface area contributed by atoms with Gasteiger partial charge >= 0.3 is 5.97 Å². The van der Waals surface area contributed by atoms with Gasteiger partial charge in [0, 0.05) is 0 Å². The van der Waals surface area contributed by atoms with Gasteiger partial charge in [0.15, 0.2) is 5.60 Å². The van der Waals surface area contributed by atoms with Crippen LogP contribution in [0.1, 0.15) is 38.9 Å². The van der Waals surface area contributed by atoms with Gasteiger partial charge in [-0.15, -0.1) is 0 Å². The normalized spacial score (nSPS) is 25.2. The lowest BCUT2D eigenvalue weighted by Crippen LogP contribution is -2.29. The third kappa shape index (κ3) is 2.59. The second-order valence-electron chi connectivity index (χ2n) is 4.97. The molecular weight excluding hydrogens is 244 g/mol. The largest absolute Gasteiger partial charge is 0.497 e. The first kappa shape index (κ1) is 13.9. The van der Waals surface area contributed by atoms with Gasteiger partial charge in [0.2, 0.25) is 0 Å². The Morgan fingerprint density at radius 1 is 1.37 bits per heavy atom. The Balaban J connectivity index is 2.12. The molecule has 0 amide bonds. The number of benzene rings is 1. The molecule has 0 bridgehead atoms. The fourth-order valence-electron chi connectivity index (χ4n) is 2.17. The highest BCUT2D eigenvalue weighted by atomic mass is 16.7. The second-order valence-corrected chi connectivity index (χ2v) is 4.97. The summed E-state index contributed by atoms with van der Waals surface area (Å²) in [5.41, 5.74) is 0.169. The van der Waals surface area contributed by atoms with E-state index in [1.165, 1.54) is 0 Å². The van der Waals surface area contributed by atoms with Crippen molar-refractivity contribution in [1.29, 1.82) is 0 Å². The maximum atomic E-state index is 12.1. The molecule has 2 atom stereocenters. The lowest BCUT2D eigenvalue weighted by atomic mass is 9.97. The van der Waals surface area contributed by atoms with E-state index in [2.05, 4.69) is 0 Å². The van der Waals surface area contributed by atoms with Crippen LogP contribution in [0.25, 0.3) is 0 Å². The van der Waals surface area contributed by atoms with Gasteiger partial charge in [-0.1, -0.05) is 19.1 Å². The molecule has 4 heteroatoms. The minimum absolute atomic E-state index is 0.128. The highest BCUT2D eigenvalue weighted by molar-refractivity contribution is 5.84. The van der Waals surface area contributed by atoms with Crippen LogP contribution >= 0.6 is 0 Å². The number of carbonyl (C=O) groups is 1. The van der Waals surface area contributed by atoms with Crippen molar-refractivity contribution in [2.75, 3.05) is 7.11 Å². The SMILES string of the molecule is CCC1(C(=O)OC(C)C)OC1c1ccc(OC)cc1. The summed E-state index contributed by atoms with van der Waals surface area (Å²) < 4.78 is 16.1. The molecule has 2 unspecified atom stereocenters. The summed E-state index contributed by atoms with van der Waals surface area (Å²) in [5, 5.41) is 0. The third-order valence-electron chi connectivity index (χ3n) is 3.33. The Labute approximate surface area is 113 Å². The van der Waals surface area contributed by atoms with Crippen molar-refractivity contribution in [3.05, 3.63) is 29.8 Å². The van der Waals surface area contributed by atoms with Crippen molar-refractivity contribution in [1.82, 2.24) is 0 Å². The number of carbonyl (C=O) groups excluding carboxylic acids is 1. The molecule has 4 nitrogen and oxygen atoms in total. The molecule has 1 aliphatic rings. The first-order valence-corrected chi connectivity index (χ1v) is 6.56. The molecule has 1 fully saturated rings. The van der Waals surface area contributed by atoms with Crippen LogP contribution in [-0.2, 0) is 14.3 Å². The van der Waals surface area contributed by atoms with Crippen molar-refractivity contribution in [2.24, 2.45) is 0 Å². The molecule has 19 heavy (non-hydrogen) atoms. The van der Waals surface area contributed by atoms with E-state index in [1.807, 2.05) is 45.0 Å². The van der Waals surface area contributed by atoms with Gasteiger partial charge in [0.1, 0.15) is 11.9 Å². The fraction of sp³-hybridized carbons (Fsp3) is 0.533. The highest BCUT2D eigenvalue weighted by Gasteiger charge is 2.63. The van der Waals surface area contributed by atoms with Crippen LogP contribution < -0.4 is 4.74 Å². The lowest BCUT2D eigenvalue weighted by Gasteiger charge is -2.13. The third-order valence-corrected chi connectivity index (χ3v) is 3.33. The van der Waals surface area contributed by atoms with Gasteiger partial charge in [-0.3, -0.25) is 0 Å². The van der Waals surface area contributed by atoms with E-state index in [0.29, 0.717) is 6.42 Å². The van der Waals surface area contributed by atoms with Gasteiger partial charge in [0.05, 0.1) is 13.2 Å². The highest BCUT2D eigenvalue weighted by Crippen LogP contribution is 2.52. The number of epoxide rings is 1. The molecule has 0 aromatic heterocycles. The van der Waals surface area contributed by atoms with E-state index in [1.54, 1.807) is 7.11 Å². The van der Waals surface area contributed by atoms with Crippen LogP contribution in [0.3, 0.4) is 0 Å². The van der Waals surface area contributed by atoms with Crippen LogP contribution in [0.4, 0.5) is 0 Å². The summed E-state index contributed by atoms with van der Waals surface area (Å²) in [6, 6.07) is 7.57. The monoisotopic (exact) mass is 264 g/mol. The van der Waals surface area contributed by atoms with E-state index in [4.69, 9.17) is 14.2 Å². The van der Waals surface area contributed by atoms with Gasteiger partial charge < -0.3 is 14.2 Å². The van der Waals surface area contributed by atoms with Gasteiger partial charge in [-0.2, -0.15) is 0 Å². The number of esters is 1. The van der Waals surface area contributed by atoms with E-state index >= 15 is 0 Å². The lowest BCUT2D eigenvalue weighted by molar-refractivity contribution is -0.154. The van der Waals surface area contributed by atoms with Crippen LogP contribution in [0.15, 0.2) is 24.3 Å². The van der Waals surface area contributed by atoms with Crippen molar-refractivity contribution in [3.8, 4) is 5.75 Å². The molecule has 0 aliphatic carbocycles. The zero-order valence-electron chi connectivity index (χ0n) is 11.8. The molecule has 1 aliphatic heterocycles. The predicted molar refractivity (Wildman–Crippen MR) is 71.1 cm³/mol. The number of hydrogen-bond acceptors (Lipinski definition) is 4. The number of rotatable bonds is 5. The Bertz CT molecular complexity index is 452. The van der Waals surface area contributed by atoms with Crippen LogP contribution in [0.5, 0.6) is 5.75 Å². The first-order valence-electron chi connectivity index (χ1n) is 6.56. The topological polar surface area (TPSA) is 48.1 Å². The average molecular weight is 264 g/mol. The van der Waals surface area contributed by atoms with Crippen molar-refractivity contribution in [2.45, 2.75) is 45.0 Å². The quantitative estimate of drug-likeness (QED) is 0.606. The average Bonchev–Trinajstić information content (AvgIpc) is 3.14. The molecule has 0 N–H and O–H groups in total. The molecule has 1 saturated heterocycles.